The molecule has 0 aliphatic carbocycles. The lowest BCUT2D eigenvalue weighted by Gasteiger charge is -2.31. The van der Waals surface area contributed by atoms with Gasteiger partial charge in [-0.25, -0.2) is 0 Å². The van der Waals surface area contributed by atoms with Gasteiger partial charge in [0.1, 0.15) is 0 Å². The van der Waals surface area contributed by atoms with Gasteiger partial charge in [-0.3, -0.25) is 4.79 Å². The number of carbonyl (C=O) groups is 1. The molecule has 0 aromatic carbocycles. The van der Waals surface area contributed by atoms with E-state index < -0.39 is 0 Å². The van der Waals surface area contributed by atoms with Crippen LogP contribution in [-0.2, 0) is 9.53 Å². The highest BCUT2D eigenvalue weighted by molar-refractivity contribution is 7.10. The quantitative estimate of drug-likeness (QED) is 0.767. The predicted molar refractivity (Wildman–Crippen MR) is 99.1 cm³/mol. The van der Waals surface area contributed by atoms with E-state index in [4.69, 9.17) is 4.74 Å². The van der Waals surface area contributed by atoms with Crippen LogP contribution in [0, 0.1) is 5.92 Å². The summed E-state index contributed by atoms with van der Waals surface area (Å²) in [5, 5.41) is 2.03. The summed E-state index contributed by atoms with van der Waals surface area (Å²) in [5.41, 5.74) is 0. The average Bonchev–Trinajstić information content (AvgIpc) is 3.25. The highest BCUT2D eigenvalue weighted by atomic mass is 32.1. The summed E-state index contributed by atoms with van der Waals surface area (Å²) in [6.45, 7) is 7.87. The Hall–Kier alpha value is -1.17. The van der Waals surface area contributed by atoms with Crippen LogP contribution in [0.1, 0.15) is 31.1 Å². The molecule has 2 fully saturated rings. The first kappa shape index (κ1) is 17.6. The maximum absolute atomic E-state index is 12.6. The smallest absolute Gasteiger partial charge is 0.246 e. The van der Waals surface area contributed by atoms with Crippen molar-refractivity contribution in [3.05, 3.63) is 28.5 Å². The number of thiophene rings is 1. The van der Waals surface area contributed by atoms with Gasteiger partial charge in [0.15, 0.2) is 0 Å². The number of rotatable bonds is 5. The lowest BCUT2D eigenvalue weighted by molar-refractivity contribution is -0.128. The molecule has 5 heteroatoms. The van der Waals surface area contributed by atoms with E-state index >= 15 is 0 Å². The van der Waals surface area contributed by atoms with Crippen molar-refractivity contribution in [3.63, 3.8) is 0 Å². The van der Waals surface area contributed by atoms with Crippen molar-refractivity contribution in [2.24, 2.45) is 5.92 Å². The van der Waals surface area contributed by atoms with Crippen molar-refractivity contribution >= 4 is 23.3 Å². The molecule has 2 aliphatic rings. The highest BCUT2D eigenvalue weighted by Crippen LogP contribution is 2.21. The highest BCUT2D eigenvalue weighted by Gasteiger charge is 2.29. The molecule has 1 aromatic rings. The topological polar surface area (TPSA) is 32.8 Å². The van der Waals surface area contributed by atoms with E-state index in [1.165, 1.54) is 25.9 Å². The zero-order valence-corrected chi connectivity index (χ0v) is 15.3. The van der Waals surface area contributed by atoms with Crippen LogP contribution in [0.4, 0.5) is 0 Å². The fourth-order valence-electron chi connectivity index (χ4n) is 3.62. The third-order valence-corrected chi connectivity index (χ3v) is 6.05. The van der Waals surface area contributed by atoms with E-state index in [0.717, 1.165) is 24.4 Å². The number of hydrogen-bond donors (Lipinski definition) is 0. The average molecular weight is 349 g/mol. The summed E-state index contributed by atoms with van der Waals surface area (Å²) in [6, 6.07) is 4.27. The maximum atomic E-state index is 12.6. The van der Waals surface area contributed by atoms with E-state index in [0.29, 0.717) is 19.1 Å². The molecule has 3 heterocycles. The van der Waals surface area contributed by atoms with E-state index in [1.807, 2.05) is 28.5 Å². The van der Waals surface area contributed by atoms with Gasteiger partial charge in [-0.2, -0.15) is 0 Å². The zero-order valence-electron chi connectivity index (χ0n) is 14.5. The molecule has 0 bridgehead atoms. The Morgan fingerprint density at radius 1 is 1.38 bits per heavy atom. The van der Waals surface area contributed by atoms with Crippen molar-refractivity contribution in [2.45, 2.75) is 32.2 Å². The summed E-state index contributed by atoms with van der Waals surface area (Å²) in [5.74, 6) is 0.528. The second-order valence-corrected chi connectivity index (χ2v) is 7.77. The second kappa shape index (κ2) is 8.79. The lowest BCUT2D eigenvalue weighted by Crippen LogP contribution is -2.43. The van der Waals surface area contributed by atoms with Gasteiger partial charge < -0.3 is 14.5 Å². The van der Waals surface area contributed by atoms with E-state index in [2.05, 4.69) is 11.8 Å². The Morgan fingerprint density at radius 3 is 2.96 bits per heavy atom. The van der Waals surface area contributed by atoms with E-state index in [9.17, 15) is 4.79 Å². The number of amides is 1. The van der Waals surface area contributed by atoms with Crippen molar-refractivity contribution in [1.82, 2.24) is 9.80 Å². The maximum Gasteiger partial charge on any atom is 0.246 e. The molecule has 0 N–H and O–H groups in total. The summed E-state index contributed by atoms with van der Waals surface area (Å²) in [4.78, 5) is 18.3. The molecule has 0 radical (unpaired) electrons. The molecule has 2 saturated heterocycles. The fraction of sp³-hybridized carbons (Fsp3) is 0.632. The van der Waals surface area contributed by atoms with Crippen LogP contribution in [0.5, 0.6) is 0 Å². The first-order valence-electron chi connectivity index (χ1n) is 9.06. The number of likely N-dealkylation sites (tertiary alicyclic amines) is 1. The van der Waals surface area contributed by atoms with Crippen molar-refractivity contribution in [2.75, 3.05) is 39.4 Å². The minimum Gasteiger partial charge on any atom is -0.379 e. The third kappa shape index (κ3) is 4.68. The first-order valence-corrected chi connectivity index (χ1v) is 9.94. The molecule has 4 nitrogen and oxygen atoms in total. The molecule has 0 spiro atoms. The van der Waals surface area contributed by atoms with Gasteiger partial charge in [0.25, 0.3) is 0 Å². The first-order chi connectivity index (χ1) is 11.7. The van der Waals surface area contributed by atoms with Gasteiger partial charge in [-0.15, -0.1) is 11.3 Å². The van der Waals surface area contributed by atoms with Crippen molar-refractivity contribution < 1.29 is 9.53 Å². The third-order valence-electron chi connectivity index (χ3n) is 5.21. The van der Waals surface area contributed by atoms with Crippen LogP contribution in [0.15, 0.2) is 23.6 Å². The SMILES string of the molecule is C[C@H]1[C@H](CCN2CCCC2)COCCN1C(=O)/C=C/c1cccs1. The van der Waals surface area contributed by atoms with Gasteiger partial charge in [-0.05, 0) is 63.3 Å². The fourth-order valence-corrected chi connectivity index (χ4v) is 4.24. The monoisotopic (exact) mass is 348 g/mol. The van der Waals surface area contributed by atoms with Crippen LogP contribution in [0.3, 0.4) is 0 Å². The largest absolute Gasteiger partial charge is 0.379 e. The molecule has 2 atom stereocenters. The van der Waals surface area contributed by atoms with Gasteiger partial charge in [0, 0.05) is 29.5 Å². The second-order valence-electron chi connectivity index (χ2n) is 6.79. The number of carbonyl (C=O) groups excluding carboxylic acids is 1. The molecule has 1 amide bonds. The Labute approximate surface area is 149 Å². The minimum atomic E-state index is 0.104. The Bertz CT molecular complexity index is 538. The standard InChI is InChI=1S/C19H28N2O2S/c1-16-17(8-11-20-9-2-3-10-20)15-23-13-12-21(16)19(22)7-6-18-5-4-14-24-18/h4-7,14,16-17H,2-3,8-13,15H2,1H3/b7-6+/t16-,17+/m0/s1. The van der Waals surface area contributed by atoms with Crippen LogP contribution >= 0.6 is 11.3 Å². The Kier molecular flexibility index (Phi) is 6.46. The predicted octanol–water partition coefficient (Wildman–Crippen LogP) is 3.11. The van der Waals surface area contributed by atoms with Gasteiger partial charge >= 0.3 is 0 Å². The minimum absolute atomic E-state index is 0.104. The van der Waals surface area contributed by atoms with Crippen LogP contribution in [-0.4, -0.2) is 61.1 Å². The van der Waals surface area contributed by atoms with Crippen molar-refractivity contribution in [1.29, 1.82) is 0 Å². The zero-order chi connectivity index (χ0) is 16.8. The normalized spacial score (nSPS) is 26.1. The molecule has 0 saturated carbocycles. The van der Waals surface area contributed by atoms with Crippen LogP contribution in [0.25, 0.3) is 6.08 Å². The lowest BCUT2D eigenvalue weighted by atomic mass is 9.96. The number of nitrogens with zero attached hydrogens (tertiary/aromatic N) is 2. The number of ether oxygens (including phenoxy) is 1. The van der Waals surface area contributed by atoms with Crippen LogP contribution in [0.2, 0.25) is 0 Å². The summed E-state index contributed by atoms with van der Waals surface area (Å²) >= 11 is 1.65. The molecule has 2 aliphatic heterocycles. The molecular weight excluding hydrogens is 320 g/mol. The summed E-state index contributed by atoms with van der Waals surface area (Å²) in [6.07, 6.45) is 7.40. The van der Waals surface area contributed by atoms with Crippen molar-refractivity contribution in [3.8, 4) is 0 Å². The summed E-state index contributed by atoms with van der Waals surface area (Å²) < 4.78 is 5.79. The van der Waals surface area contributed by atoms with Gasteiger partial charge in [0.05, 0.1) is 13.2 Å². The molecule has 24 heavy (non-hydrogen) atoms. The Balaban J connectivity index is 1.57. The molecule has 132 valence electrons. The molecular formula is C19H28N2O2S. The summed E-state index contributed by atoms with van der Waals surface area (Å²) in [7, 11) is 0. The Morgan fingerprint density at radius 2 is 2.21 bits per heavy atom. The van der Waals surface area contributed by atoms with E-state index in [-0.39, 0.29) is 11.9 Å². The molecule has 3 rings (SSSR count). The number of hydrogen-bond acceptors (Lipinski definition) is 4. The van der Waals surface area contributed by atoms with Gasteiger partial charge in [-0.1, -0.05) is 6.07 Å². The molecule has 0 unspecified atom stereocenters. The van der Waals surface area contributed by atoms with E-state index in [1.54, 1.807) is 17.4 Å². The van der Waals surface area contributed by atoms with Gasteiger partial charge in [0.2, 0.25) is 5.91 Å². The molecule has 1 aromatic heterocycles. The van der Waals surface area contributed by atoms with Crippen LogP contribution < -0.4 is 0 Å².